The minimum atomic E-state index is -4.51. The van der Waals surface area contributed by atoms with Gasteiger partial charge in [-0.3, -0.25) is 9.59 Å². The second kappa shape index (κ2) is 16.7. The summed E-state index contributed by atoms with van der Waals surface area (Å²) in [7, 11) is 0. The standard InChI is InChI=1S/C23H30ClF3N2O2.C6H5Cl.C2H6/c1-5-12-22(4)13-11-20(17-7-9-18(24)10-8-17)29(21(22)31)19(6-2)14-28(16(3)30)15-23(25,26)27;7-6-4-2-1-3-5-6;1-2/h5,7-10,19-20H,1,6,11-15H2,2-4H3;1-5H;1-2H3. The first-order chi connectivity index (χ1) is 18.8. The molecule has 0 N–H and O–H groups in total. The molecule has 0 saturated carbocycles. The van der Waals surface area contributed by atoms with Crippen molar-refractivity contribution >= 4 is 35.0 Å². The molecule has 1 saturated heterocycles. The van der Waals surface area contributed by atoms with Gasteiger partial charge in [0.25, 0.3) is 0 Å². The number of rotatable bonds is 8. The summed E-state index contributed by atoms with van der Waals surface area (Å²) in [5.74, 6) is -0.793. The van der Waals surface area contributed by atoms with E-state index in [0.29, 0.717) is 30.7 Å². The number of alkyl halides is 3. The van der Waals surface area contributed by atoms with Gasteiger partial charge in [-0.15, -0.1) is 6.58 Å². The number of halogens is 5. The van der Waals surface area contributed by atoms with E-state index in [4.69, 9.17) is 23.2 Å². The van der Waals surface area contributed by atoms with Crippen molar-refractivity contribution in [1.82, 2.24) is 9.80 Å². The van der Waals surface area contributed by atoms with Gasteiger partial charge in [-0.25, -0.2) is 0 Å². The van der Waals surface area contributed by atoms with Crippen molar-refractivity contribution in [1.29, 1.82) is 0 Å². The van der Waals surface area contributed by atoms with Crippen LogP contribution in [0.4, 0.5) is 13.2 Å². The van der Waals surface area contributed by atoms with Crippen molar-refractivity contribution in [3.8, 4) is 0 Å². The monoisotopic (exact) mass is 600 g/mol. The molecule has 9 heteroatoms. The maximum Gasteiger partial charge on any atom is 0.406 e. The van der Waals surface area contributed by atoms with E-state index in [9.17, 15) is 22.8 Å². The summed E-state index contributed by atoms with van der Waals surface area (Å²) >= 11 is 11.6. The number of benzene rings is 2. The highest BCUT2D eigenvalue weighted by molar-refractivity contribution is 6.30. The summed E-state index contributed by atoms with van der Waals surface area (Å²) in [6, 6.07) is 15.8. The quantitative estimate of drug-likeness (QED) is 0.283. The molecule has 1 aliphatic heterocycles. The summed E-state index contributed by atoms with van der Waals surface area (Å²) < 4.78 is 39.1. The van der Waals surface area contributed by atoms with Crippen molar-refractivity contribution in [3.05, 3.63) is 82.9 Å². The molecule has 4 nitrogen and oxygen atoms in total. The highest BCUT2D eigenvalue weighted by Gasteiger charge is 2.46. The third kappa shape index (κ3) is 10.8. The molecule has 0 radical (unpaired) electrons. The van der Waals surface area contributed by atoms with Gasteiger partial charge in [0.15, 0.2) is 0 Å². The van der Waals surface area contributed by atoms with Gasteiger partial charge in [-0.2, -0.15) is 13.2 Å². The summed E-state index contributed by atoms with van der Waals surface area (Å²) in [5.41, 5.74) is 0.199. The molecule has 0 bridgehead atoms. The Bertz CT molecular complexity index is 1060. The van der Waals surface area contributed by atoms with Gasteiger partial charge in [-0.05, 0) is 55.5 Å². The van der Waals surface area contributed by atoms with Crippen LogP contribution in [0.2, 0.25) is 10.0 Å². The maximum absolute atomic E-state index is 13.7. The first-order valence-electron chi connectivity index (χ1n) is 13.5. The number of carbonyl (C=O) groups is 2. The number of carbonyl (C=O) groups excluding carboxylic acids is 2. The second-order valence-corrected chi connectivity index (χ2v) is 10.6. The Morgan fingerprint density at radius 1 is 1.12 bits per heavy atom. The number of nitrogens with zero attached hydrogens (tertiary/aromatic N) is 2. The minimum Gasteiger partial charge on any atom is -0.332 e. The molecule has 3 unspecified atom stereocenters. The van der Waals surface area contributed by atoms with Crippen molar-refractivity contribution in [2.45, 2.75) is 78.6 Å². The molecule has 0 spiro atoms. The van der Waals surface area contributed by atoms with Crippen LogP contribution in [0.25, 0.3) is 0 Å². The van der Waals surface area contributed by atoms with Crippen LogP contribution in [0.3, 0.4) is 0 Å². The van der Waals surface area contributed by atoms with Crippen LogP contribution in [0, 0.1) is 5.41 Å². The molecule has 2 aromatic rings. The third-order valence-electron chi connectivity index (χ3n) is 6.75. The lowest BCUT2D eigenvalue weighted by molar-refractivity contribution is -0.165. The molecule has 3 atom stereocenters. The van der Waals surface area contributed by atoms with Gasteiger partial charge in [-0.1, -0.05) is 87.3 Å². The zero-order chi connectivity index (χ0) is 30.5. The highest BCUT2D eigenvalue weighted by atomic mass is 35.5. The van der Waals surface area contributed by atoms with Gasteiger partial charge in [0.1, 0.15) is 6.54 Å². The maximum atomic E-state index is 13.7. The first-order valence-corrected chi connectivity index (χ1v) is 14.3. The summed E-state index contributed by atoms with van der Waals surface area (Å²) in [4.78, 5) is 28.1. The Morgan fingerprint density at radius 3 is 2.10 bits per heavy atom. The molecule has 0 aliphatic carbocycles. The Morgan fingerprint density at radius 2 is 1.68 bits per heavy atom. The molecule has 0 aromatic heterocycles. The fraction of sp³-hybridized carbons (Fsp3) is 0.484. The Balaban J connectivity index is 0.000000759. The first kappa shape index (κ1) is 35.5. The van der Waals surface area contributed by atoms with Crippen molar-refractivity contribution in [2.24, 2.45) is 5.41 Å². The molecular formula is C31H41Cl2F3N2O2. The smallest absolute Gasteiger partial charge is 0.332 e. The van der Waals surface area contributed by atoms with Crippen molar-refractivity contribution in [2.75, 3.05) is 13.1 Å². The molecule has 3 rings (SSSR count). The Labute approximate surface area is 247 Å². The number of allylic oxidation sites excluding steroid dienone is 1. The van der Waals surface area contributed by atoms with Crippen LogP contribution in [0.15, 0.2) is 67.3 Å². The van der Waals surface area contributed by atoms with E-state index >= 15 is 0 Å². The predicted molar refractivity (Wildman–Crippen MR) is 158 cm³/mol. The van der Waals surface area contributed by atoms with E-state index in [2.05, 4.69) is 6.58 Å². The van der Waals surface area contributed by atoms with Gasteiger partial charge < -0.3 is 9.80 Å². The number of likely N-dealkylation sites (tertiary alicyclic amines) is 1. The topological polar surface area (TPSA) is 40.6 Å². The number of amides is 2. The fourth-order valence-electron chi connectivity index (χ4n) is 4.70. The summed E-state index contributed by atoms with van der Waals surface area (Å²) in [5, 5.41) is 1.36. The van der Waals surface area contributed by atoms with Crippen LogP contribution in [-0.2, 0) is 9.59 Å². The third-order valence-corrected chi connectivity index (χ3v) is 7.25. The number of hydrogen-bond donors (Lipinski definition) is 0. The molecule has 222 valence electrons. The molecule has 40 heavy (non-hydrogen) atoms. The molecule has 1 aliphatic rings. The van der Waals surface area contributed by atoms with Crippen LogP contribution >= 0.6 is 23.2 Å². The second-order valence-electron chi connectivity index (χ2n) is 9.74. The molecule has 2 amide bonds. The molecule has 1 fully saturated rings. The Kier molecular flexibility index (Phi) is 14.8. The lowest BCUT2D eigenvalue weighted by Crippen LogP contribution is -2.56. The van der Waals surface area contributed by atoms with Crippen molar-refractivity contribution in [3.63, 3.8) is 0 Å². The lowest BCUT2D eigenvalue weighted by Gasteiger charge is -2.49. The average molecular weight is 602 g/mol. The van der Waals surface area contributed by atoms with Gasteiger partial charge in [0, 0.05) is 29.6 Å². The molecule has 2 aromatic carbocycles. The Hall–Kier alpha value is -2.51. The number of piperidine rings is 1. The normalized spacial score (nSPS) is 19.4. The predicted octanol–water partition coefficient (Wildman–Crippen LogP) is 9.14. The van der Waals surface area contributed by atoms with Crippen LogP contribution in [0.5, 0.6) is 0 Å². The lowest BCUT2D eigenvalue weighted by atomic mass is 9.74. The zero-order valence-electron chi connectivity index (χ0n) is 24.0. The molecular weight excluding hydrogens is 560 g/mol. The van der Waals surface area contributed by atoms with Crippen LogP contribution in [0.1, 0.15) is 71.9 Å². The summed E-state index contributed by atoms with van der Waals surface area (Å²) in [6.45, 7) is 11.1. The fourth-order valence-corrected chi connectivity index (χ4v) is 4.97. The van der Waals surface area contributed by atoms with Gasteiger partial charge in [0.2, 0.25) is 11.8 Å². The molecule has 1 heterocycles. The van der Waals surface area contributed by atoms with Gasteiger partial charge in [0.05, 0.1) is 11.5 Å². The minimum absolute atomic E-state index is 0.124. The zero-order valence-corrected chi connectivity index (χ0v) is 25.5. The van der Waals surface area contributed by atoms with Crippen molar-refractivity contribution < 1.29 is 22.8 Å². The SMILES string of the molecule is C=CCC1(C)CCC(c2ccc(Cl)cc2)N(C(CC)CN(CC(F)(F)F)C(C)=O)C1=O.CC.Clc1ccccc1. The van der Waals surface area contributed by atoms with E-state index in [1.54, 1.807) is 23.1 Å². The van der Waals surface area contributed by atoms with Gasteiger partial charge >= 0.3 is 6.18 Å². The van der Waals surface area contributed by atoms with E-state index in [0.717, 1.165) is 22.4 Å². The van der Waals surface area contributed by atoms with E-state index in [1.807, 2.05) is 70.2 Å². The van der Waals surface area contributed by atoms with Crippen LogP contribution in [-0.4, -0.2) is 46.9 Å². The highest BCUT2D eigenvalue weighted by Crippen LogP contribution is 2.44. The summed E-state index contributed by atoms with van der Waals surface area (Å²) in [6.07, 6.45) is -0.620. The van der Waals surface area contributed by atoms with Crippen LogP contribution < -0.4 is 0 Å². The number of hydrogen-bond acceptors (Lipinski definition) is 2. The van der Waals surface area contributed by atoms with E-state index < -0.39 is 30.1 Å². The van der Waals surface area contributed by atoms with E-state index in [-0.39, 0.29) is 18.5 Å². The largest absolute Gasteiger partial charge is 0.406 e. The van der Waals surface area contributed by atoms with E-state index in [1.165, 1.54) is 0 Å². The average Bonchev–Trinajstić information content (AvgIpc) is 2.90.